The summed E-state index contributed by atoms with van der Waals surface area (Å²) in [5, 5.41) is 2.48. The molecule has 31 heavy (non-hydrogen) atoms. The number of hydrogen-bond donors (Lipinski definition) is 1. The van der Waals surface area contributed by atoms with E-state index < -0.39 is 23.7 Å². The number of alkyl halides is 3. The van der Waals surface area contributed by atoms with Crippen molar-refractivity contribution in [1.29, 1.82) is 0 Å². The second-order valence-electron chi connectivity index (χ2n) is 9.26. The van der Waals surface area contributed by atoms with Crippen LogP contribution in [0.3, 0.4) is 0 Å². The molecule has 2 fully saturated rings. The van der Waals surface area contributed by atoms with Crippen molar-refractivity contribution in [3.8, 4) is 0 Å². The van der Waals surface area contributed by atoms with Crippen LogP contribution in [0.5, 0.6) is 0 Å². The molecule has 0 radical (unpaired) electrons. The van der Waals surface area contributed by atoms with E-state index in [1.165, 1.54) is 11.0 Å². The van der Waals surface area contributed by atoms with Gasteiger partial charge in [-0.2, -0.15) is 13.2 Å². The SMILES string of the molecule is CC(C(=O)N1CC(=O)Nc2cc(C(F)(F)F)ccc21)N1CCCC2(CCN(C)CC2)C1. The van der Waals surface area contributed by atoms with E-state index in [1.807, 2.05) is 6.92 Å². The topological polar surface area (TPSA) is 55.9 Å². The third-order valence-corrected chi connectivity index (χ3v) is 7.10. The normalized spacial score (nSPS) is 23.4. The molecule has 0 saturated carbocycles. The highest BCUT2D eigenvalue weighted by molar-refractivity contribution is 6.11. The number of fused-ring (bicyclic) bond motifs is 1. The third kappa shape index (κ3) is 4.43. The molecule has 1 aromatic rings. The number of nitrogens with zero attached hydrogens (tertiary/aromatic N) is 3. The van der Waals surface area contributed by atoms with Crippen LogP contribution in [0.2, 0.25) is 0 Å². The zero-order valence-electron chi connectivity index (χ0n) is 18.0. The maximum Gasteiger partial charge on any atom is 0.416 e. The van der Waals surface area contributed by atoms with Gasteiger partial charge in [0.15, 0.2) is 0 Å². The predicted octanol–water partition coefficient (Wildman–Crippen LogP) is 3.19. The van der Waals surface area contributed by atoms with Crippen molar-refractivity contribution in [2.75, 3.05) is 50.0 Å². The summed E-state index contributed by atoms with van der Waals surface area (Å²) in [6, 6.07) is 2.68. The van der Waals surface area contributed by atoms with Gasteiger partial charge in [0, 0.05) is 6.54 Å². The minimum atomic E-state index is -4.52. The molecular weight excluding hydrogens is 409 g/mol. The Bertz CT molecular complexity index is 865. The highest BCUT2D eigenvalue weighted by Crippen LogP contribution is 2.41. The summed E-state index contributed by atoms with van der Waals surface area (Å²) < 4.78 is 39.2. The summed E-state index contributed by atoms with van der Waals surface area (Å²) in [4.78, 5) is 31.4. The smallest absolute Gasteiger partial charge is 0.323 e. The monoisotopic (exact) mass is 438 g/mol. The van der Waals surface area contributed by atoms with Crippen molar-refractivity contribution < 1.29 is 22.8 Å². The quantitative estimate of drug-likeness (QED) is 0.771. The van der Waals surface area contributed by atoms with Gasteiger partial charge in [-0.1, -0.05) is 0 Å². The van der Waals surface area contributed by atoms with E-state index in [4.69, 9.17) is 0 Å². The molecule has 2 amide bonds. The zero-order chi connectivity index (χ0) is 22.4. The van der Waals surface area contributed by atoms with Crippen LogP contribution in [-0.4, -0.2) is 67.4 Å². The lowest BCUT2D eigenvalue weighted by atomic mass is 9.72. The second kappa shape index (κ2) is 8.09. The van der Waals surface area contributed by atoms with Gasteiger partial charge >= 0.3 is 6.18 Å². The molecule has 170 valence electrons. The molecule has 3 aliphatic heterocycles. The summed E-state index contributed by atoms with van der Waals surface area (Å²) in [5.41, 5.74) is -0.292. The summed E-state index contributed by atoms with van der Waals surface area (Å²) in [5.74, 6) is -0.737. The Morgan fingerprint density at radius 3 is 2.55 bits per heavy atom. The Kier molecular flexibility index (Phi) is 5.76. The maximum atomic E-state index is 13.4. The Morgan fingerprint density at radius 1 is 1.16 bits per heavy atom. The van der Waals surface area contributed by atoms with Crippen LogP contribution in [0.4, 0.5) is 24.5 Å². The molecule has 1 aromatic carbocycles. The minimum Gasteiger partial charge on any atom is -0.323 e. The number of halogens is 3. The van der Waals surface area contributed by atoms with Gasteiger partial charge < -0.3 is 10.2 Å². The lowest BCUT2D eigenvalue weighted by Gasteiger charge is -2.49. The largest absolute Gasteiger partial charge is 0.416 e. The standard InChI is InChI=1S/C22H29F3N4O2/c1-15(28-9-3-6-21(14-28)7-10-27(2)11-8-21)20(31)29-13-19(30)26-17-12-16(22(23,24)25)4-5-18(17)29/h4-5,12,15H,3,6-11,13-14H2,1-2H3,(H,26,30). The van der Waals surface area contributed by atoms with E-state index >= 15 is 0 Å². The Balaban J connectivity index is 1.53. The number of benzene rings is 1. The van der Waals surface area contributed by atoms with Gasteiger partial charge in [-0.05, 0) is 82.9 Å². The van der Waals surface area contributed by atoms with Crippen LogP contribution < -0.4 is 10.2 Å². The minimum absolute atomic E-state index is 0.0251. The first kappa shape index (κ1) is 22.1. The third-order valence-electron chi connectivity index (χ3n) is 7.10. The number of carbonyl (C=O) groups excluding carboxylic acids is 2. The van der Waals surface area contributed by atoms with Crippen molar-refractivity contribution in [2.24, 2.45) is 5.41 Å². The number of hydrogen-bond acceptors (Lipinski definition) is 4. The Morgan fingerprint density at radius 2 is 1.87 bits per heavy atom. The van der Waals surface area contributed by atoms with Crippen molar-refractivity contribution in [3.05, 3.63) is 23.8 Å². The molecule has 1 unspecified atom stereocenters. The summed E-state index contributed by atoms with van der Waals surface area (Å²) in [6.07, 6.45) is -0.123. The van der Waals surface area contributed by atoms with Crippen molar-refractivity contribution in [1.82, 2.24) is 9.80 Å². The van der Waals surface area contributed by atoms with Gasteiger partial charge in [0.1, 0.15) is 6.54 Å². The van der Waals surface area contributed by atoms with Crippen molar-refractivity contribution in [3.63, 3.8) is 0 Å². The fourth-order valence-electron chi connectivity index (χ4n) is 5.12. The van der Waals surface area contributed by atoms with E-state index in [-0.39, 0.29) is 23.6 Å². The van der Waals surface area contributed by atoms with Gasteiger partial charge in [0.25, 0.3) is 0 Å². The first-order valence-corrected chi connectivity index (χ1v) is 10.8. The van der Waals surface area contributed by atoms with Gasteiger partial charge in [0.05, 0.1) is 23.0 Å². The lowest BCUT2D eigenvalue weighted by molar-refractivity contribution is -0.137. The van der Waals surface area contributed by atoms with Crippen LogP contribution in [-0.2, 0) is 15.8 Å². The molecule has 0 aliphatic carbocycles. The molecule has 1 N–H and O–H groups in total. The highest BCUT2D eigenvalue weighted by Gasteiger charge is 2.41. The summed E-state index contributed by atoms with van der Waals surface area (Å²) in [7, 11) is 2.13. The molecular formula is C22H29F3N4O2. The molecule has 1 atom stereocenters. The van der Waals surface area contributed by atoms with Gasteiger partial charge in [-0.15, -0.1) is 0 Å². The zero-order valence-corrected chi connectivity index (χ0v) is 18.0. The molecule has 0 bridgehead atoms. The number of carbonyl (C=O) groups is 2. The van der Waals surface area contributed by atoms with Gasteiger partial charge in [-0.3, -0.25) is 19.4 Å². The molecule has 1 spiro atoms. The fraction of sp³-hybridized carbons (Fsp3) is 0.636. The molecule has 3 aliphatic rings. The van der Waals surface area contributed by atoms with Crippen molar-refractivity contribution >= 4 is 23.2 Å². The van der Waals surface area contributed by atoms with E-state index in [9.17, 15) is 22.8 Å². The van der Waals surface area contributed by atoms with E-state index in [0.717, 1.165) is 64.0 Å². The molecule has 2 saturated heterocycles. The van der Waals surface area contributed by atoms with Crippen LogP contribution in [0.15, 0.2) is 18.2 Å². The number of nitrogens with one attached hydrogen (secondary N) is 1. The van der Waals surface area contributed by atoms with Crippen LogP contribution in [0, 0.1) is 5.41 Å². The maximum absolute atomic E-state index is 13.4. The molecule has 0 aromatic heterocycles. The first-order valence-electron chi connectivity index (χ1n) is 10.8. The van der Waals surface area contributed by atoms with Crippen LogP contribution in [0.25, 0.3) is 0 Å². The summed E-state index contributed by atoms with van der Waals surface area (Å²) in [6.45, 7) is 5.41. The van der Waals surface area contributed by atoms with Gasteiger partial charge in [0.2, 0.25) is 11.8 Å². The van der Waals surface area contributed by atoms with E-state index in [0.29, 0.717) is 5.69 Å². The Labute approximate surface area is 180 Å². The van der Waals surface area contributed by atoms with E-state index in [1.54, 1.807) is 0 Å². The van der Waals surface area contributed by atoms with Crippen LogP contribution >= 0.6 is 0 Å². The molecule has 3 heterocycles. The number of rotatable bonds is 2. The average Bonchev–Trinajstić information content (AvgIpc) is 2.73. The van der Waals surface area contributed by atoms with Crippen LogP contribution in [0.1, 0.15) is 38.2 Å². The second-order valence-corrected chi connectivity index (χ2v) is 9.26. The number of piperidine rings is 2. The first-order chi connectivity index (χ1) is 14.6. The van der Waals surface area contributed by atoms with E-state index in [2.05, 4.69) is 22.2 Å². The van der Waals surface area contributed by atoms with Crippen molar-refractivity contribution in [2.45, 2.75) is 44.8 Å². The van der Waals surface area contributed by atoms with Gasteiger partial charge in [-0.25, -0.2) is 0 Å². The number of anilines is 2. The summed E-state index contributed by atoms with van der Waals surface area (Å²) >= 11 is 0. The lowest BCUT2D eigenvalue weighted by Crippen LogP contribution is -2.56. The average molecular weight is 438 g/mol. The Hall–Kier alpha value is -2.13. The number of amides is 2. The predicted molar refractivity (Wildman–Crippen MR) is 112 cm³/mol. The molecule has 9 heteroatoms. The molecule has 4 rings (SSSR count). The number of likely N-dealkylation sites (tertiary alicyclic amines) is 2. The fourth-order valence-corrected chi connectivity index (χ4v) is 5.12. The highest BCUT2D eigenvalue weighted by atomic mass is 19.4. The molecule has 6 nitrogen and oxygen atoms in total.